The number of hydrogen-bond donors (Lipinski definition) is 2. The number of rotatable bonds is 7. The minimum Gasteiger partial charge on any atom is -0.497 e. The maximum Gasteiger partial charge on any atom is 0.191 e. The van der Waals surface area contributed by atoms with Crippen molar-refractivity contribution in [3.05, 3.63) is 65.7 Å². The number of halogens is 1. The van der Waals surface area contributed by atoms with Crippen LogP contribution in [0.1, 0.15) is 24.0 Å². The van der Waals surface area contributed by atoms with Gasteiger partial charge in [-0.3, -0.25) is 4.99 Å². The van der Waals surface area contributed by atoms with Gasteiger partial charge < -0.3 is 15.4 Å². The van der Waals surface area contributed by atoms with Gasteiger partial charge >= 0.3 is 0 Å². The second-order valence-electron chi connectivity index (χ2n) is 6.60. The van der Waals surface area contributed by atoms with Crippen LogP contribution in [-0.4, -0.2) is 33.2 Å². The van der Waals surface area contributed by atoms with Crippen LogP contribution in [0.3, 0.4) is 0 Å². The lowest BCUT2D eigenvalue weighted by Crippen LogP contribution is -2.41. The maximum absolute atomic E-state index is 5.27. The molecule has 0 spiro atoms. The van der Waals surface area contributed by atoms with Crippen LogP contribution < -0.4 is 15.4 Å². The third-order valence-corrected chi connectivity index (χ3v) is 4.90. The molecule has 0 aromatic heterocycles. The van der Waals surface area contributed by atoms with E-state index in [9.17, 15) is 0 Å². The molecule has 2 aromatic rings. The third-order valence-electron chi connectivity index (χ3n) is 4.90. The number of methoxy groups -OCH3 is 1. The van der Waals surface area contributed by atoms with Gasteiger partial charge in [-0.25, -0.2) is 0 Å². The Kier molecular flexibility index (Phi) is 7.75. The lowest BCUT2D eigenvalue weighted by Gasteiger charge is -2.19. The van der Waals surface area contributed by atoms with Gasteiger partial charge in [0.15, 0.2) is 5.96 Å². The van der Waals surface area contributed by atoms with Crippen molar-refractivity contribution in [3.8, 4) is 5.75 Å². The fourth-order valence-electron chi connectivity index (χ4n) is 3.14. The third kappa shape index (κ3) is 5.37. The molecular weight excluding hydrogens is 437 g/mol. The van der Waals surface area contributed by atoms with Crippen molar-refractivity contribution in [1.29, 1.82) is 0 Å². The van der Waals surface area contributed by atoms with Crippen molar-refractivity contribution in [3.63, 3.8) is 0 Å². The summed E-state index contributed by atoms with van der Waals surface area (Å²) in [6.07, 6.45) is 3.41. The molecule has 0 aliphatic heterocycles. The number of hydrogen-bond acceptors (Lipinski definition) is 2. The molecule has 2 aromatic carbocycles. The molecule has 1 aliphatic rings. The summed E-state index contributed by atoms with van der Waals surface area (Å²) in [5.41, 5.74) is 2.96. The first-order valence-corrected chi connectivity index (χ1v) is 8.89. The van der Waals surface area contributed by atoms with E-state index in [1.54, 1.807) is 7.11 Å². The number of nitrogens with zero attached hydrogens (tertiary/aromatic N) is 1. The van der Waals surface area contributed by atoms with Crippen LogP contribution in [0.5, 0.6) is 5.75 Å². The van der Waals surface area contributed by atoms with Crippen molar-refractivity contribution in [2.75, 3.05) is 27.2 Å². The van der Waals surface area contributed by atoms with Crippen LogP contribution in [-0.2, 0) is 11.8 Å². The molecule has 0 atom stereocenters. The van der Waals surface area contributed by atoms with Crippen molar-refractivity contribution in [2.24, 2.45) is 4.99 Å². The Morgan fingerprint density at radius 2 is 1.85 bits per heavy atom. The van der Waals surface area contributed by atoms with Crippen molar-refractivity contribution >= 4 is 29.9 Å². The summed E-state index contributed by atoms with van der Waals surface area (Å²) in [7, 11) is 3.52. The highest BCUT2D eigenvalue weighted by Gasteiger charge is 2.43. The number of aliphatic imine (C=N–C) groups is 1. The largest absolute Gasteiger partial charge is 0.497 e. The summed E-state index contributed by atoms with van der Waals surface area (Å²) in [6, 6.07) is 19.0. The van der Waals surface area contributed by atoms with E-state index < -0.39 is 0 Å². The van der Waals surface area contributed by atoms with Gasteiger partial charge in [0.2, 0.25) is 0 Å². The van der Waals surface area contributed by atoms with Gasteiger partial charge in [0.25, 0.3) is 0 Å². The van der Waals surface area contributed by atoms with E-state index in [1.807, 2.05) is 19.2 Å². The quantitative estimate of drug-likeness (QED) is 0.372. The molecule has 5 heteroatoms. The summed E-state index contributed by atoms with van der Waals surface area (Å²) in [5, 5.41) is 6.90. The lowest BCUT2D eigenvalue weighted by atomic mass is 9.96. The first-order chi connectivity index (χ1) is 12.3. The van der Waals surface area contributed by atoms with Gasteiger partial charge in [0, 0.05) is 25.6 Å². The van der Waals surface area contributed by atoms with Crippen LogP contribution >= 0.6 is 24.0 Å². The van der Waals surface area contributed by atoms with E-state index in [0.717, 1.165) is 31.2 Å². The van der Waals surface area contributed by atoms with E-state index in [4.69, 9.17) is 4.74 Å². The molecular formula is C21H28IN3O. The molecule has 0 saturated heterocycles. The van der Waals surface area contributed by atoms with Gasteiger partial charge in [0.1, 0.15) is 5.75 Å². The fraction of sp³-hybridized carbons (Fsp3) is 0.381. The molecule has 3 rings (SSSR count). The summed E-state index contributed by atoms with van der Waals surface area (Å²) < 4.78 is 5.27. The lowest BCUT2D eigenvalue weighted by molar-refractivity contribution is 0.414. The number of ether oxygens (including phenoxy) is 1. The first-order valence-electron chi connectivity index (χ1n) is 8.89. The Bertz CT molecular complexity index is 714. The second-order valence-corrected chi connectivity index (χ2v) is 6.60. The predicted octanol–water partition coefficient (Wildman–Crippen LogP) is 3.75. The fourth-order valence-corrected chi connectivity index (χ4v) is 3.14. The van der Waals surface area contributed by atoms with Crippen LogP contribution in [0.4, 0.5) is 0 Å². The van der Waals surface area contributed by atoms with Gasteiger partial charge in [-0.05, 0) is 42.5 Å². The van der Waals surface area contributed by atoms with Crippen LogP contribution in [0.25, 0.3) is 0 Å². The van der Waals surface area contributed by atoms with Gasteiger partial charge in [-0.15, -0.1) is 24.0 Å². The normalized spacial score (nSPS) is 14.9. The molecule has 0 bridgehead atoms. The molecule has 0 heterocycles. The first kappa shape index (κ1) is 20.6. The smallest absolute Gasteiger partial charge is 0.191 e. The average Bonchev–Trinajstić information content (AvgIpc) is 3.46. The molecule has 4 nitrogen and oxygen atoms in total. The molecule has 140 valence electrons. The second kappa shape index (κ2) is 9.80. The van der Waals surface area contributed by atoms with E-state index >= 15 is 0 Å². The zero-order chi connectivity index (χ0) is 17.5. The Hall–Kier alpha value is -1.76. The zero-order valence-corrected chi connectivity index (χ0v) is 17.8. The minimum atomic E-state index is 0. The molecule has 1 aliphatic carbocycles. The molecule has 1 fully saturated rings. The summed E-state index contributed by atoms with van der Waals surface area (Å²) in [6.45, 7) is 1.76. The molecule has 26 heavy (non-hydrogen) atoms. The molecule has 0 radical (unpaired) electrons. The molecule has 0 unspecified atom stereocenters. The monoisotopic (exact) mass is 465 g/mol. The number of benzene rings is 2. The highest BCUT2D eigenvalue weighted by molar-refractivity contribution is 14.0. The Morgan fingerprint density at radius 3 is 2.50 bits per heavy atom. The van der Waals surface area contributed by atoms with Gasteiger partial charge in [-0.1, -0.05) is 42.5 Å². The number of nitrogens with one attached hydrogen (secondary N) is 2. The van der Waals surface area contributed by atoms with Crippen LogP contribution in [0.15, 0.2) is 59.6 Å². The van der Waals surface area contributed by atoms with Crippen molar-refractivity contribution in [2.45, 2.75) is 24.7 Å². The van der Waals surface area contributed by atoms with Gasteiger partial charge in [0.05, 0.1) is 7.11 Å². The van der Waals surface area contributed by atoms with E-state index in [0.29, 0.717) is 0 Å². The highest BCUT2D eigenvalue weighted by Crippen LogP contribution is 2.47. The summed E-state index contributed by atoms with van der Waals surface area (Å²) >= 11 is 0. The maximum atomic E-state index is 5.27. The highest BCUT2D eigenvalue weighted by atomic mass is 127. The molecule has 0 amide bonds. The Morgan fingerprint density at radius 1 is 1.08 bits per heavy atom. The van der Waals surface area contributed by atoms with Crippen molar-refractivity contribution in [1.82, 2.24) is 10.6 Å². The van der Waals surface area contributed by atoms with Crippen LogP contribution in [0.2, 0.25) is 0 Å². The van der Waals surface area contributed by atoms with Crippen molar-refractivity contribution < 1.29 is 4.74 Å². The van der Waals surface area contributed by atoms with E-state index in [2.05, 4.69) is 58.1 Å². The Balaban J connectivity index is 0.00000243. The molecule has 2 N–H and O–H groups in total. The number of guanidine groups is 1. The standard InChI is InChI=1S/C21H27N3O.HI/c1-22-20(23-14-11-17-7-6-10-19(15-17)25-2)24-16-21(12-13-21)18-8-4-3-5-9-18;/h3-10,15H,11-14,16H2,1-2H3,(H2,22,23,24);1H. The zero-order valence-electron chi connectivity index (χ0n) is 15.5. The summed E-state index contributed by atoms with van der Waals surface area (Å²) in [5.74, 6) is 1.77. The topological polar surface area (TPSA) is 45.7 Å². The molecule has 1 saturated carbocycles. The Labute approximate surface area is 173 Å². The minimum absolute atomic E-state index is 0. The average molecular weight is 465 g/mol. The SMILES string of the molecule is CN=C(NCCc1cccc(OC)c1)NCC1(c2ccccc2)CC1.I. The van der Waals surface area contributed by atoms with Crippen LogP contribution in [0, 0.1) is 0 Å². The summed E-state index contributed by atoms with van der Waals surface area (Å²) in [4.78, 5) is 4.35. The van der Waals surface area contributed by atoms with Gasteiger partial charge in [-0.2, -0.15) is 0 Å². The van der Waals surface area contributed by atoms with E-state index in [-0.39, 0.29) is 29.4 Å². The van der Waals surface area contributed by atoms with E-state index in [1.165, 1.54) is 24.0 Å². The predicted molar refractivity (Wildman–Crippen MR) is 119 cm³/mol.